The minimum atomic E-state index is -0.227. The first-order valence-corrected chi connectivity index (χ1v) is 11.8. The number of nitrogens with zero attached hydrogens (tertiary/aromatic N) is 1. The van der Waals surface area contributed by atoms with Crippen molar-refractivity contribution in [1.29, 1.82) is 0 Å². The van der Waals surface area contributed by atoms with E-state index in [0.29, 0.717) is 35.0 Å². The van der Waals surface area contributed by atoms with Crippen LogP contribution in [-0.2, 0) is 5.41 Å². The van der Waals surface area contributed by atoms with E-state index in [9.17, 15) is 9.59 Å². The highest BCUT2D eigenvalue weighted by Crippen LogP contribution is 2.41. The molecule has 1 fully saturated rings. The second-order valence-electron chi connectivity index (χ2n) is 8.15. The molecule has 2 N–H and O–H groups in total. The van der Waals surface area contributed by atoms with E-state index < -0.39 is 0 Å². The number of aromatic nitrogens is 1. The molecular formula is C25H27N3O4S. The molecule has 2 aromatic carbocycles. The first-order chi connectivity index (χ1) is 16.0. The third-order valence-corrected chi connectivity index (χ3v) is 6.80. The minimum absolute atomic E-state index is 0.0996. The summed E-state index contributed by atoms with van der Waals surface area (Å²) in [7, 11) is 3.09. The Morgan fingerprint density at radius 2 is 1.73 bits per heavy atom. The Labute approximate surface area is 197 Å². The Morgan fingerprint density at radius 3 is 2.36 bits per heavy atom. The largest absolute Gasteiger partial charge is 0.493 e. The lowest BCUT2D eigenvalue weighted by Crippen LogP contribution is -2.39. The number of methoxy groups -OCH3 is 2. The summed E-state index contributed by atoms with van der Waals surface area (Å²) >= 11 is 1.41. The first-order valence-electron chi connectivity index (χ1n) is 10.8. The number of nitrogens with one attached hydrogen (secondary N) is 2. The van der Waals surface area contributed by atoms with Crippen molar-refractivity contribution in [3.63, 3.8) is 0 Å². The average Bonchev–Trinajstić information content (AvgIpc) is 3.56. The van der Waals surface area contributed by atoms with Gasteiger partial charge in [0, 0.05) is 28.6 Å². The highest BCUT2D eigenvalue weighted by Gasteiger charge is 2.36. The van der Waals surface area contributed by atoms with Crippen LogP contribution in [0.15, 0.2) is 53.4 Å². The molecule has 8 heteroatoms. The maximum absolute atomic E-state index is 12.7. The van der Waals surface area contributed by atoms with E-state index >= 15 is 0 Å². The van der Waals surface area contributed by atoms with Gasteiger partial charge in [-0.2, -0.15) is 0 Å². The van der Waals surface area contributed by atoms with Gasteiger partial charge in [0.05, 0.1) is 19.7 Å². The Hall–Kier alpha value is -3.39. The summed E-state index contributed by atoms with van der Waals surface area (Å²) < 4.78 is 10.5. The summed E-state index contributed by atoms with van der Waals surface area (Å²) in [4.78, 5) is 29.2. The van der Waals surface area contributed by atoms with Crippen molar-refractivity contribution in [2.24, 2.45) is 0 Å². The number of carbonyl (C=O) groups excluding carboxylic acids is 2. The van der Waals surface area contributed by atoms with Crippen molar-refractivity contribution in [3.05, 3.63) is 70.2 Å². The second-order valence-corrected chi connectivity index (χ2v) is 8.86. The van der Waals surface area contributed by atoms with E-state index in [1.807, 2.05) is 24.3 Å². The number of benzene rings is 2. The topological polar surface area (TPSA) is 89.6 Å². The molecule has 1 saturated carbocycles. The number of ether oxygens (including phenoxy) is 2. The van der Waals surface area contributed by atoms with Crippen molar-refractivity contribution in [1.82, 2.24) is 10.3 Å². The SMILES string of the molecule is COc1ccc(C(=O)Nc2ccc(C3(CNC(=O)c4cscn4)CCCC3)cc2)cc1OC. The maximum atomic E-state index is 12.7. The standard InChI is InChI=1S/C25H27N3O4S/c1-31-21-10-5-17(13-22(21)32-2)23(29)28-19-8-6-18(7-9-19)25(11-3-4-12-25)15-26-24(30)20-14-33-16-27-20/h5-10,13-14,16H,3-4,11-12,15H2,1-2H3,(H,26,30)(H,28,29). The Bertz CT molecular complexity index is 1110. The van der Waals surface area contributed by atoms with Gasteiger partial charge in [0.2, 0.25) is 0 Å². The fourth-order valence-corrected chi connectivity index (χ4v) is 4.90. The number of hydrogen-bond acceptors (Lipinski definition) is 6. The third kappa shape index (κ3) is 5.01. The second kappa shape index (κ2) is 10.0. The lowest BCUT2D eigenvalue weighted by molar-refractivity contribution is 0.0938. The highest BCUT2D eigenvalue weighted by atomic mass is 32.1. The van der Waals surface area contributed by atoms with E-state index in [-0.39, 0.29) is 17.2 Å². The maximum Gasteiger partial charge on any atom is 0.270 e. The molecule has 4 rings (SSSR count). The van der Waals surface area contributed by atoms with Crippen LogP contribution in [0.2, 0.25) is 0 Å². The van der Waals surface area contributed by atoms with Gasteiger partial charge in [-0.05, 0) is 48.7 Å². The summed E-state index contributed by atoms with van der Waals surface area (Å²) in [5, 5.41) is 7.76. The number of carbonyl (C=O) groups is 2. The molecule has 0 bridgehead atoms. The zero-order valence-corrected chi connectivity index (χ0v) is 19.5. The van der Waals surface area contributed by atoms with Gasteiger partial charge in [0.25, 0.3) is 11.8 Å². The molecular weight excluding hydrogens is 438 g/mol. The van der Waals surface area contributed by atoms with Crippen molar-refractivity contribution >= 4 is 28.8 Å². The summed E-state index contributed by atoms with van der Waals surface area (Å²) in [5.74, 6) is 0.710. The van der Waals surface area contributed by atoms with E-state index in [1.54, 1.807) is 36.2 Å². The molecule has 7 nitrogen and oxygen atoms in total. The molecule has 0 aliphatic heterocycles. The Kier molecular flexibility index (Phi) is 6.93. The van der Waals surface area contributed by atoms with Crippen LogP contribution < -0.4 is 20.1 Å². The predicted molar refractivity (Wildman–Crippen MR) is 129 cm³/mol. The van der Waals surface area contributed by atoms with Gasteiger partial charge in [-0.1, -0.05) is 25.0 Å². The van der Waals surface area contributed by atoms with E-state index in [2.05, 4.69) is 15.6 Å². The molecule has 0 spiro atoms. The van der Waals surface area contributed by atoms with Crippen LogP contribution in [0.5, 0.6) is 11.5 Å². The molecule has 3 aromatic rings. The minimum Gasteiger partial charge on any atom is -0.493 e. The van der Waals surface area contributed by atoms with Crippen molar-refractivity contribution in [2.45, 2.75) is 31.1 Å². The molecule has 0 radical (unpaired) electrons. The molecule has 0 atom stereocenters. The third-order valence-electron chi connectivity index (χ3n) is 6.21. The van der Waals surface area contributed by atoms with Gasteiger partial charge >= 0.3 is 0 Å². The lowest BCUT2D eigenvalue weighted by atomic mass is 9.78. The Balaban J connectivity index is 1.45. The predicted octanol–water partition coefficient (Wildman–Crippen LogP) is 4.65. The van der Waals surface area contributed by atoms with E-state index in [0.717, 1.165) is 25.7 Å². The van der Waals surface area contributed by atoms with Crippen molar-refractivity contribution in [3.8, 4) is 11.5 Å². The van der Waals surface area contributed by atoms with Crippen molar-refractivity contribution < 1.29 is 19.1 Å². The van der Waals surface area contributed by atoms with Crippen LogP contribution in [0, 0.1) is 0 Å². The molecule has 2 amide bonds. The normalized spacial score (nSPS) is 14.5. The summed E-state index contributed by atoms with van der Waals surface area (Å²) in [6.07, 6.45) is 4.29. The molecule has 0 saturated heterocycles. The van der Waals surface area contributed by atoms with Crippen LogP contribution in [0.3, 0.4) is 0 Å². The van der Waals surface area contributed by atoms with Gasteiger partial charge in [-0.15, -0.1) is 11.3 Å². The van der Waals surface area contributed by atoms with Gasteiger partial charge in [-0.3, -0.25) is 9.59 Å². The Morgan fingerprint density at radius 1 is 1.00 bits per heavy atom. The van der Waals surface area contributed by atoms with Crippen molar-refractivity contribution in [2.75, 3.05) is 26.1 Å². The van der Waals surface area contributed by atoms with Crippen LogP contribution in [0.25, 0.3) is 0 Å². The zero-order valence-electron chi connectivity index (χ0n) is 18.7. The number of hydrogen-bond donors (Lipinski definition) is 2. The molecule has 1 aliphatic rings. The smallest absolute Gasteiger partial charge is 0.270 e. The highest BCUT2D eigenvalue weighted by molar-refractivity contribution is 7.07. The fourth-order valence-electron chi connectivity index (χ4n) is 4.37. The molecule has 1 heterocycles. The van der Waals surface area contributed by atoms with Crippen LogP contribution >= 0.6 is 11.3 Å². The summed E-state index contributed by atoms with van der Waals surface area (Å²) in [6.45, 7) is 0.570. The van der Waals surface area contributed by atoms with E-state index in [1.165, 1.54) is 24.0 Å². The van der Waals surface area contributed by atoms with Gasteiger partial charge in [0.15, 0.2) is 11.5 Å². The fraction of sp³-hybridized carbons (Fsp3) is 0.320. The zero-order chi connectivity index (χ0) is 23.3. The quantitative estimate of drug-likeness (QED) is 0.505. The molecule has 1 aromatic heterocycles. The van der Waals surface area contributed by atoms with Gasteiger partial charge < -0.3 is 20.1 Å². The van der Waals surface area contributed by atoms with Crippen LogP contribution in [0.1, 0.15) is 52.1 Å². The number of rotatable bonds is 8. The first kappa shape index (κ1) is 22.8. The molecule has 0 unspecified atom stereocenters. The molecule has 1 aliphatic carbocycles. The lowest BCUT2D eigenvalue weighted by Gasteiger charge is -2.30. The molecule has 33 heavy (non-hydrogen) atoms. The van der Waals surface area contributed by atoms with Crippen LogP contribution in [0.4, 0.5) is 5.69 Å². The van der Waals surface area contributed by atoms with Gasteiger partial charge in [-0.25, -0.2) is 4.98 Å². The summed E-state index contributed by atoms with van der Waals surface area (Å²) in [6, 6.07) is 13.0. The average molecular weight is 466 g/mol. The number of thiazole rings is 1. The van der Waals surface area contributed by atoms with Gasteiger partial charge in [0.1, 0.15) is 5.69 Å². The molecule has 172 valence electrons. The summed E-state index contributed by atoms with van der Waals surface area (Å²) in [5.41, 5.74) is 4.38. The monoisotopic (exact) mass is 465 g/mol. The van der Waals surface area contributed by atoms with E-state index in [4.69, 9.17) is 9.47 Å². The number of anilines is 1. The number of amides is 2. The van der Waals surface area contributed by atoms with Crippen LogP contribution in [-0.4, -0.2) is 37.6 Å².